The highest BCUT2D eigenvalue weighted by Gasteiger charge is 2.18. The second-order valence-electron chi connectivity index (χ2n) is 7.50. The molecule has 27 heavy (non-hydrogen) atoms. The third-order valence-electron chi connectivity index (χ3n) is 5.32. The van der Waals surface area contributed by atoms with Crippen LogP contribution in [0.3, 0.4) is 0 Å². The van der Waals surface area contributed by atoms with E-state index in [2.05, 4.69) is 22.8 Å². The molecule has 0 heterocycles. The van der Waals surface area contributed by atoms with E-state index in [9.17, 15) is 14.4 Å². The van der Waals surface area contributed by atoms with Crippen LogP contribution < -0.4 is 10.6 Å². The summed E-state index contributed by atoms with van der Waals surface area (Å²) in [5.41, 5.74) is 3.57. The summed E-state index contributed by atoms with van der Waals surface area (Å²) < 4.78 is 5.01. The molecule has 0 unspecified atom stereocenters. The van der Waals surface area contributed by atoms with Gasteiger partial charge in [-0.05, 0) is 55.2 Å². The molecular weight excluding hydrogens is 344 g/mol. The van der Waals surface area contributed by atoms with Crippen LogP contribution in [-0.4, -0.2) is 30.6 Å². The summed E-state index contributed by atoms with van der Waals surface area (Å²) >= 11 is 0. The average Bonchev–Trinajstić information content (AvgIpc) is 2.67. The number of urea groups is 1. The second-order valence-corrected chi connectivity index (χ2v) is 7.50. The highest BCUT2D eigenvalue weighted by atomic mass is 16.5. The summed E-state index contributed by atoms with van der Waals surface area (Å²) in [6.07, 6.45) is 9.96. The number of hydrogen-bond acceptors (Lipinski definition) is 4. The Morgan fingerprint density at radius 1 is 0.963 bits per heavy atom. The molecule has 0 saturated heterocycles. The van der Waals surface area contributed by atoms with Crippen molar-refractivity contribution >= 4 is 17.9 Å². The molecule has 146 valence electrons. The molecule has 2 aliphatic carbocycles. The van der Waals surface area contributed by atoms with Gasteiger partial charge in [-0.15, -0.1) is 0 Å². The van der Waals surface area contributed by atoms with Crippen LogP contribution >= 0.6 is 0 Å². The van der Waals surface area contributed by atoms with Crippen LogP contribution in [0.25, 0.3) is 0 Å². The van der Waals surface area contributed by atoms with Gasteiger partial charge in [0.15, 0.2) is 6.61 Å². The van der Waals surface area contributed by atoms with Gasteiger partial charge < -0.3 is 10.1 Å². The third-order valence-corrected chi connectivity index (χ3v) is 5.32. The molecule has 1 fully saturated rings. The molecule has 1 saturated carbocycles. The fourth-order valence-electron chi connectivity index (χ4n) is 3.89. The zero-order chi connectivity index (χ0) is 19.1. The Labute approximate surface area is 160 Å². The van der Waals surface area contributed by atoms with E-state index >= 15 is 0 Å². The molecule has 1 aromatic rings. The lowest BCUT2D eigenvalue weighted by molar-refractivity contribution is -0.147. The minimum Gasteiger partial charge on any atom is -0.455 e. The Morgan fingerprint density at radius 2 is 1.70 bits per heavy atom. The first-order valence-electron chi connectivity index (χ1n) is 9.97. The van der Waals surface area contributed by atoms with E-state index in [4.69, 9.17) is 4.74 Å². The number of fused-ring (bicyclic) bond motifs is 1. The van der Waals surface area contributed by atoms with Crippen molar-refractivity contribution < 1.29 is 19.1 Å². The third kappa shape index (κ3) is 6.08. The van der Waals surface area contributed by atoms with Crippen LogP contribution in [0.4, 0.5) is 4.79 Å². The quantitative estimate of drug-likeness (QED) is 0.779. The lowest BCUT2D eigenvalue weighted by Gasteiger charge is -2.22. The molecule has 3 rings (SSSR count). The number of aryl methyl sites for hydroxylation is 2. The van der Waals surface area contributed by atoms with Crippen molar-refractivity contribution in [2.45, 2.75) is 70.3 Å². The molecule has 3 amide bonds. The van der Waals surface area contributed by atoms with E-state index in [1.165, 1.54) is 30.4 Å². The van der Waals surface area contributed by atoms with E-state index in [0.29, 0.717) is 0 Å². The van der Waals surface area contributed by atoms with Gasteiger partial charge in [0, 0.05) is 6.04 Å². The van der Waals surface area contributed by atoms with Crippen molar-refractivity contribution in [2.24, 2.45) is 0 Å². The molecule has 2 aliphatic rings. The van der Waals surface area contributed by atoms with Crippen molar-refractivity contribution in [2.75, 3.05) is 6.61 Å². The molecule has 0 aliphatic heterocycles. The van der Waals surface area contributed by atoms with Crippen molar-refractivity contribution in [1.82, 2.24) is 10.6 Å². The molecule has 0 aromatic heterocycles. The molecular formula is C21H28N2O4. The van der Waals surface area contributed by atoms with Crippen molar-refractivity contribution in [3.05, 3.63) is 34.9 Å². The van der Waals surface area contributed by atoms with Crippen molar-refractivity contribution in [1.29, 1.82) is 0 Å². The van der Waals surface area contributed by atoms with E-state index in [1.54, 1.807) is 0 Å². The largest absolute Gasteiger partial charge is 0.455 e. The summed E-state index contributed by atoms with van der Waals surface area (Å²) in [6.45, 7) is -0.443. The van der Waals surface area contributed by atoms with Gasteiger partial charge in [-0.3, -0.25) is 14.9 Å². The Morgan fingerprint density at radius 3 is 2.48 bits per heavy atom. The van der Waals surface area contributed by atoms with Crippen LogP contribution in [0, 0.1) is 0 Å². The molecule has 1 aromatic carbocycles. The van der Waals surface area contributed by atoms with E-state index in [0.717, 1.165) is 44.1 Å². The predicted molar refractivity (Wildman–Crippen MR) is 101 cm³/mol. The summed E-state index contributed by atoms with van der Waals surface area (Å²) in [5, 5.41) is 5.02. The number of nitrogens with one attached hydrogen (secondary N) is 2. The molecule has 0 radical (unpaired) electrons. The maximum atomic E-state index is 12.0. The molecule has 6 nitrogen and oxygen atoms in total. The summed E-state index contributed by atoms with van der Waals surface area (Å²) in [7, 11) is 0. The van der Waals surface area contributed by atoms with Crippen LogP contribution in [0.15, 0.2) is 18.2 Å². The number of benzene rings is 1. The van der Waals surface area contributed by atoms with E-state index < -0.39 is 24.5 Å². The van der Waals surface area contributed by atoms with Gasteiger partial charge in [-0.1, -0.05) is 37.5 Å². The molecule has 0 bridgehead atoms. The molecule has 0 spiro atoms. The minimum absolute atomic E-state index is 0.123. The van der Waals surface area contributed by atoms with Gasteiger partial charge in [0.1, 0.15) is 0 Å². The summed E-state index contributed by atoms with van der Waals surface area (Å²) in [5.74, 6) is -1.07. The van der Waals surface area contributed by atoms with Gasteiger partial charge in [-0.25, -0.2) is 4.79 Å². The highest BCUT2D eigenvalue weighted by Crippen LogP contribution is 2.22. The maximum Gasteiger partial charge on any atom is 0.321 e. The van der Waals surface area contributed by atoms with Gasteiger partial charge in [0.2, 0.25) is 0 Å². The molecule has 2 N–H and O–H groups in total. The number of esters is 1. The van der Waals surface area contributed by atoms with E-state index in [1.807, 2.05) is 6.07 Å². The van der Waals surface area contributed by atoms with Gasteiger partial charge in [0.05, 0.1) is 6.42 Å². The van der Waals surface area contributed by atoms with E-state index in [-0.39, 0.29) is 12.5 Å². The molecule has 0 atom stereocenters. The van der Waals surface area contributed by atoms with Gasteiger partial charge in [-0.2, -0.15) is 0 Å². The van der Waals surface area contributed by atoms with Crippen molar-refractivity contribution in [3.63, 3.8) is 0 Å². The summed E-state index contributed by atoms with van der Waals surface area (Å²) in [4.78, 5) is 35.6. The molecule has 6 heteroatoms. The number of imide groups is 1. The average molecular weight is 372 g/mol. The number of rotatable bonds is 5. The van der Waals surface area contributed by atoms with Gasteiger partial charge in [0.25, 0.3) is 5.91 Å². The fraction of sp³-hybridized carbons (Fsp3) is 0.571. The lowest BCUT2D eigenvalue weighted by Crippen LogP contribution is -2.46. The standard InChI is InChI=1S/C21H28N2O4/c24-19(23-21(26)22-18-8-2-1-3-9-18)14-27-20(25)13-15-10-11-16-6-4-5-7-17(16)12-15/h10-12,18H,1-9,13-14H2,(H2,22,23,24,26). The summed E-state index contributed by atoms with van der Waals surface area (Å²) in [6, 6.07) is 5.70. The Hall–Kier alpha value is -2.37. The first-order chi connectivity index (χ1) is 13.1. The second kappa shape index (κ2) is 9.53. The number of hydrogen-bond donors (Lipinski definition) is 2. The van der Waals surface area contributed by atoms with Crippen LogP contribution in [0.5, 0.6) is 0 Å². The van der Waals surface area contributed by atoms with Crippen LogP contribution in [0.1, 0.15) is 61.6 Å². The normalized spacial score (nSPS) is 16.9. The zero-order valence-electron chi connectivity index (χ0n) is 15.7. The Balaban J connectivity index is 1.38. The Bertz CT molecular complexity index is 695. The SMILES string of the molecule is O=C(COC(=O)Cc1ccc2c(c1)CCCC2)NC(=O)NC1CCCCC1. The van der Waals surface area contributed by atoms with Gasteiger partial charge >= 0.3 is 12.0 Å². The lowest BCUT2D eigenvalue weighted by atomic mass is 9.90. The maximum absolute atomic E-state index is 12.0. The highest BCUT2D eigenvalue weighted by molar-refractivity contribution is 5.95. The Kier molecular flexibility index (Phi) is 6.85. The monoisotopic (exact) mass is 372 g/mol. The first kappa shape index (κ1) is 19.4. The van der Waals surface area contributed by atoms with Crippen LogP contribution in [0.2, 0.25) is 0 Å². The van der Waals surface area contributed by atoms with Crippen LogP contribution in [-0.2, 0) is 33.6 Å². The number of carbonyl (C=O) groups excluding carboxylic acids is 3. The number of carbonyl (C=O) groups is 3. The predicted octanol–water partition coefficient (Wildman–Crippen LogP) is 2.81. The number of ether oxygens (including phenoxy) is 1. The number of amides is 3. The zero-order valence-corrected chi connectivity index (χ0v) is 15.7. The first-order valence-corrected chi connectivity index (χ1v) is 9.97. The van der Waals surface area contributed by atoms with Crippen molar-refractivity contribution in [3.8, 4) is 0 Å². The fourth-order valence-corrected chi connectivity index (χ4v) is 3.89. The smallest absolute Gasteiger partial charge is 0.321 e. The minimum atomic E-state index is -0.609. The topological polar surface area (TPSA) is 84.5 Å².